The number of hydrogen-bond donors (Lipinski definition) is 2. The molecule has 22 heavy (non-hydrogen) atoms. The normalized spacial score (nSPS) is 18.5. The number of guanidine groups is 1. The lowest BCUT2D eigenvalue weighted by molar-refractivity contribution is 0.0794. The first-order valence-electron chi connectivity index (χ1n) is 7.84. The van der Waals surface area contributed by atoms with Crippen LogP contribution in [0.2, 0.25) is 0 Å². The minimum Gasteiger partial charge on any atom is -0.381 e. The summed E-state index contributed by atoms with van der Waals surface area (Å²) in [5.74, 6) is 0.989. The van der Waals surface area contributed by atoms with Gasteiger partial charge in [-0.2, -0.15) is 11.8 Å². The number of anilines is 1. The minimum absolute atomic E-state index is 0.171. The number of nitrogens with one attached hydrogen (secondary N) is 1. The van der Waals surface area contributed by atoms with Crippen LogP contribution in [0.3, 0.4) is 0 Å². The van der Waals surface area contributed by atoms with Crippen molar-refractivity contribution in [3.63, 3.8) is 0 Å². The van der Waals surface area contributed by atoms with Crippen molar-refractivity contribution >= 4 is 23.4 Å². The minimum atomic E-state index is 0.171. The third-order valence-corrected chi connectivity index (χ3v) is 5.60. The lowest BCUT2D eigenvalue weighted by Gasteiger charge is -2.34. The van der Waals surface area contributed by atoms with Crippen molar-refractivity contribution in [1.29, 1.82) is 0 Å². The van der Waals surface area contributed by atoms with Gasteiger partial charge in [-0.1, -0.05) is 26.0 Å². The van der Waals surface area contributed by atoms with E-state index in [1.807, 2.05) is 23.9 Å². The van der Waals surface area contributed by atoms with Gasteiger partial charge in [0.15, 0.2) is 5.96 Å². The summed E-state index contributed by atoms with van der Waals surface area (Å²) in [6, 6.07) is 8.33. The third-order valence-electron chi connectivity index (χ3n) is 4.20. The second kappa shape index (κ2) is 7.88. The third kappa shape index (κ3) is 4.65. The van der Waals surface area contributed by atoms with Crippen LogP contribution in [0.15, 0.2) is 29.3 Å². The number of nitrogens with two attached hydrogens (primary N) is 1. The summed E-state index contributed by atoms with van der Waals surface area (Å²) in [6.07, 6.45) is 4.22. The maximum absolute atomic E-state index is 6.06. The molecule has 0 radical (unpaired) electrons. The molecule has 122 valence electrons. The lowest BCUT2D eigenvalue weighted by atomic mass is 9.99. The molecule has 1 aliphatic rings. The molecular weight excluding hydrogens is 294 g/mol. The Labute approximate surface area is 137 Å². The van der Waals surface area contributed by atoms with E-state index >= 15 is 0 Å². The molecule has 4 nitrogen and oxygen atoms in total. The van der Waals surface area contributed by atoms with E-state index in [-0.39, 0.29) is 4.75 Å². The molecule has 0 spiro atoms. The molecule has 1 aliphatic heterocycles. The molecular formula is C17H27N3OS. The number of thioether (sulfide) groups is 1. The maximum Gasteiger partial charge on any atom is 0.193 e. The largest absolute Gasteiger partial charge is 0.381 e. The van der Waals surface area contributed by atoms with Gasteiger partial charge in [0, 0.05) is 23.6 Å². The molecule has 2 rings (SSSR count). The van der Waals surface area contributed by atoms with Crippen LogP contribution in [0.1, 0.15) is 38.2 Å². The molecule has 5 heteroatoms. The van der Waals surface area contributed by atoms with E-state index in [4.69, 9.17) is 10.5 Å². The Balaban J connectivity index is 1.98. The van der Waals surface area contributed by atoms with Gasteiger partial charge in [-0.15, -0.1) is 0 Å². The number of nitrogens with zero attached hydrogens (tertiary/aromatic N) is 1. The van der Waals surface area contributed by atoms with Gasteiger partial charge in [-0.3, -0.25) is 4.99 Å². The van der Waals surface area contributed by atoms with E-state index in [1.54, 1.807) is 0 Å². The van der Waals surface area contributed by atoms with Crippen molar-refractivity contribution in [2.24, 2.45) is 10.7 Å². The van der Waals surface area contributed by atoms with Crippen LogP contribution in [0, 0.1) is 0 Å². The maximum atomic E-state index is 6.06. The van der Waals surface area contributed by atoms with Gasteiger partial charge in [0.25, 0.3) is 0 Å². The Morgan fingerprint density at radius 2 is 2.14 bits per heavy atom. The summed E-state index contributed by atoms with van der Waals surface area (Å²) in [5.41, 5.74) is 8.35. The average Bonchev–Trinajstić information content (AvgIpc) is 2.54. The van der Waals surface area contributed by atoms with Crippen molar-refractivity contribution in [3.05, 3.63) is 29.8 Å². The van der Waals surface area contributed by atoms with E-state index in [0.717, 1.165) is 38.3 Å². The number of aliphatic imine (C=N–C) groups is 1. The highest BCUT2D eigenvalue weighted by Crippen LogP contribution is 2.34. The number of rotatable bonds is 5. The summed E-state index contributed by atoms with van der Waals surface area (Å²) in [6.45, 7) is 6.74. The van der Waals surface area contributed by atoms with Crippen molar-refractivity contribution < 1.29 is 4.74 Å². The zero-order valence-electron chi connectivity index (χ0n) is 13.8. The Kier molecular flexibility index (Phi) is 6.15. The number of ether oxygens (including phenoxy) is 1. The number of benzene rings is 1. The molecule has 0 unspecified atom stereocenters. The van der Waals surface area contributed by atoms with E-state index in [1.165, 1.54) is 5.56 Å². The quantitative estimate of drug-likeness (QED) is 0.644. The molecule has 1 heterocycles. The standard InChI is InChI=1S/C17H27N3OS/c1-13(2)14-5-4-6-15(11-14)20-16(18)19-12-17(22-3)7-9-21-10-8-17/h4-6,11,13H,7-10,12H2,1-3H3,(H3,18,19,20). The Bertz CT molecular complexity index is 510. The van der Waals surface area contributed by atoms with Crippen molar-refractivity contribution in [2.75, 3.05) is 31.3 Å². The highest BCUT2D eigenvalue weighted by molar-refractivity contribution is 8.00. The summed E-state index contributed by atoms with van der Waals surface area (Å²) in [5, 5.41) is 3.21. The lowest BCUT2D eigenvalue weighted by Crippen LogP contribution is -2.37. The van der Waals surface area contributed by atoms with Gasteiger partial charge in [-0.25, -0.2) is 0 Å². The van der Waals surface area contributed by atoms with Gasteiger partial charge in [-0.05, 0) is 42.7 Å². The summed E-state index contributed by atoms with van der Waals surface area (Å²) in [4.78, 5) is 4.57. The first kappa shape index (κ1) is 17.2. The van der Waals surface area contributed by atoms with Crippen LogP contribution in [0.25, 0.3) is 0 Å². The molecule has 1 saturated heterocycles. The van der Waals surface area contributed by atoms with Crippen LogP contribution in [0.5, 0.6) is 0 Å². The van der Waals surface area contributed by atoms with Gasteiger partial charge in [0.05, 0.1) is 6.54 Å². The van der Waals surface area contributed by atoms with E-state index < -0.39 is 0 Å². The van der Waals surface area contributed by atoms with Gasteiger partial charge in [0.1, 0.15) is 0 Å². The molecule has 0 aliphatic carbocycles. The second-order valence-corrected chi connectivity index (χ2v) is 7.38. The first-order chi connectivity index (χ1) is 10.5. The zero-order valence-corrected chi connectivity index (χ0v) is 14.6. The van der Waals surface area contributed by atoms with Crippen molar-refractivity contribution in [1.82, 2.24) is 0 Å². The van der Waals surface area contributed by atoms with E-state index in [0.29, 0.717) is 11.9 Å². The topological polar surface area (TPSA) is 59.6 Å². The monoisotopic (exact) mass is 321 g/mol. The second-order valence-electron chi connectivity index (χ2n) is 6.11. The molecule has 0 atom stereocenters. The van der Waals surface area contributed by atoms with E-state index in [9.17, 15) is 0 Å². The Morgan fingerprint density at radius 1 is 1.41 bits per heavy atom. The van der Waals surface area contributed by atoms with Crippen LogP contribution in [0.4, 0.5) is 5.69 Å². The first-order valence-corrected chi connectivity index (χ1v) is 9.07. The molecule has 0 bridgehead atoms. The molecule has 1 fully saturated rings. The molecule has 1 aromatic carbocycles. The van der Waals surface area contributed by atoms with Gasteiger partial charge in [0.2, 0.25) is 0 Å². The molecule has 1 aromatic rings. The Morgan fingerprint density at radius 3 is 2.77 bits per heavy atom. The van der Waals surface area contributed by atoms with Crippen LogP contribution in [-0.4, -0.2) is 36.7 Å². The van der Waals surface area contributed by atoms with Crippen LogP contribution in [-0.2, 0) is 4.74 Å². The van der Waals surface area contributed by atoms with Crippen LogP contribution < -0.4 is 11.1 Å². The molecule has 3 N–H and O–H groups in total. The number of hydrogen-bond acceptors (Lipinski definition) is 3. The smallest absolute Gasteiger partial charge is 0.193 e. The predicted octanol–water partition coefficient (Wildman–Crippen LogP) is 3.45. The fourth-order valence-corrected chi connectivity index (χ4v) is 3.33. The predicted molar refractivity (Wildman–Crippen MR) is 96.9 cm³/mol. The molecule has 0 amide bonds. The summed E-state index contributed by atoms with van der Waals surface area (Å²) >= 11 is 1.88. The fraction of sp³-hybridized carbons (Fsp3) is 0.588. The van der Waals surface area contributed by atoms with Gasteiger partial charge >= 0.3 is 0 Å². The van der Waals surface area contributed by atoms with E-state index in [2.05, 4.69) is 42.5 Å². The van der Waals surface area contributed by atoms with Gasteiger partial charge < -0.3 is 15.8 Å². The van der Waals surface area contributed by atoms with Crippen molar-refractivity contribution in [2.45, 2.75) is 37.4 Å². The molecule has 0 aromatic heterocycles. The van der Waals surface area contributed by atoms with Crippen molar-refractivity contribution in [3.8, 4) is 0 Å². The highest BCUT2D eigenvalue weighted by atomic mass is 32.2. The molecule has 0 saturated carbocycles. The summed E-state index contributed by atoms with van der Waals surface area (Å²) in [7, 11) is 0. The average molecular weight is 321 g/mol. The highest BCUT2D eigenvalue weighted by Gasteiger charge is 2.31. The zero-order chi connectivity index (χ0) is 16.0. The van der Waals surface area contributed by atoms with Crippen LogP contribution >= 0.6 is 11.8 Å². The SMILES string of the molecule is CSC1(CN=C(N)Nc2cccc(C(C)C)c2)CCOCC1. The summed E-state index contributed by atoms with van der Waals surface area (Å²) < 4.78 is 5.63. The fourth-order valence-electron chi connectivity index (χ4n) is 2.56. The Hall–Kier alpha value is -1.20.